The van der Waals surface area contributed by atoms with E-state index < -0.39 is 11.4 Å². The summed E-state index contributed by atoms with van der Waals surface area (Å²) >= 11 is 1.66. The maximum atomic E-state index is 11.5. The molecule has 1 fully saturated rings. The van der Waals surface area contributed by atoms with E-state index in [1.807, 2.05) is 35.8 Å². The number of nitrogens with one attached hydrogen (secondary N) is 1. The van der Waals surface area contributed by atoms with Crippen LogP contribution < -0.4 is 5.32 Å². The minimum Gasteiger partial charge on any atom is -0.481 e. The first kappa shape index (κ1) is 14.1. The van der Waals surface area contributed by atoms with Crippen molar-refractivity contribution in [3.63, 3.8) is 0 Å². The Kier molecular flexibility index (Phi) is 3.92. The molecular weight excluding hydrogens is 284 g/mol. The summed E-state index contributed by atoms with van der Waals surface area (Å²) in [6.07, 6.45) is 5.22. The lowest BCUT2D eigenvalue weighted by atomic mass is 9.64. The second kappa shape index (κ2) is 5.85. The van der Waals surface area contributed by atoms with Gasteiger partial charge in [-0.2, -0.15) is 0 Å². The van der Waals surface area contributed by atoms with Gasteiger partial charge < -0.3 is 10.4 Å². The molecule has 0 saturated heterocycles. The first-order valence-electron chi connectivity index (χ1n) is 7.17. The van der Waals surface area contributed by atoms with E-state index in [0.29, 0.717) is 0 Å². The molecule has 0 spiro atoms. The summed E-state index contributed by atoms with van der Waals surface area (Å²) in [5, 5.41) is 15.9. The number of hydrogen-bond donors (Lipinski definition) is 2. The van der Waals surface area contributed by atoms with Gasteiger partial charge in [0.25, 0.3) is 0 Å². The molecule has 1 heterocycles. The number of aromatic nitrogens is 1. The Hall–Kier alpha value is -1.88. The second-order valence-electron chi connectivity index (χ2n) is 5.42. The van der Waals surface area contributed by atoms with E-state index in [0.717, 1.165) is 48.5 Å². The molecule has 0 aliphatic heterocycles. The Bertz CT molecular complexity index is 604. The van der Waals surface area contributed by atoms with Crippen molar-refractivity contribution in [2.24, 2.45) is 0 Å². The van der Waals surface area contributed by atoms with Crippen molar-refractivity contribution in [3.8, 4) is 0 Å². The van der Waals surface area contributed by atoms with Gasteiger partial charge in [0.1, 0.15) is 0 Å². The van der Waals surface area contributed by atoms with Crippen molar-refractivity contribution in [1.29, 1.82) is 0 Å². The average molecular weight is 302 g/mol. The highest BCUT2D eigenvalue weighted by Gasteiger charge is 2.45. The van der Waals surface area contributed by atoms with Crippen LogP contribution in [0.25, 0.3) is 0 Å². The van der Waals surface area contributed by atoms with Crippen molar-refractivity contribution < 1.29 is 9.90 Å². The highest BCUT2D eigenvalue weighted by Crippen LogP contribution is 2.44. The van der Waals surface area contributed by atoms with E-state index in [1.54, 1.807) is 11.3 Å². The van der Waals surface area contributed by atoms with E-state index in [2.05, 4.69) is 10.3 Å². The number of nitrogens with zero attached hydrogens (tertiary/aromatic N) is 1. The molecule has 1 aliphatic rings. The zero-order chi connectivity index (χ0) is 14.7. The normalized spacial score (nSPS) is 16.2. The lowest BCUT2D eigenvalue weighted by Gasteiger charge is -2.38. The summed E-state index contributed by atoms with van der Waals surface area (Å²) in [5.74, 6) is -0.696. The Morgan fingerprint density at radius 1 is 1.33 bits per heavy atom. The van der Waals surface area contributed by atoms with Crippen LogP contribution in [0.4, 0.5) is 5.69 Å². The molecule has 1 saturated carbocycles. The number of carboxylic acid groups (broad SMARTS) is 1. The highest BCUT2D eigenvalue weighted by atomic mass is 32.1. The molecule has 4 nitrogen and oxygen atoms in total. The Morgan fingerprint density at radius 3 is 2.62 bits per heavy atom. The quantitative estimate of drug-likeness (QED) is 0.859. The van der Waals surface area contributed by atoms with E-state index in [9.17, 15) is 9.90 Å². The molecule has 0 bridgehead atoms. The van der Waals surface area contributed by atoms with Crippen LogP contribution in [0.5, 0.6) is 0 Å². The third kappa shape index (κ3) is 2.78. The smallest absolute Gasteiger partial charge is 0.314 e. The molecule has 1 aliphatic carbocycles. The fourth-order valence-electron chi connectivity index (χ4n) is 2.75. The highest BCUT2D eigenvalue weighted by molar-refractivity contribution is 7.09. The van der Waals surface area contributed by atoms with Gasteiger partial charge in [0.15, 0.2) is 0 Å². The van der Waals surface area contributed by atoms with Crippen LogP contribution >= 0.6 is 11.3 Å². The molecule has 2 N–H and O–H groups in total. The number of rotatable bonds is 6. The fourth-order valence-corrected chi connectivity index (χ4v) is 3.37. The third-order valence-electron chi connectivity index (χ3n) is 4.21. The molecule has 0 unspecified atom stereocenters. The fraction of sp³-hybridized carbons (Fsp3) is 0.375. The number of thiazole rings is 1. The molecule has 1 aromatic carbocycles. The lowest BCUT2D eigenvalue weighted by molar-refractivity contribution is -0.147. The van der Waals surface area contributed by atoms with Crippen LogP contribution in [0.3, 0.4) is 0 Å². The number of anilines is 1. The maximum Gasteiger partial charge on any atom is 0.314 e. The predicted molar refractivity (Wildman–Crippen MR) is 83.9 cm³/mol. The number of carbonyl (C=O) groups is 1. The van der Waals surface area contributed by atoms with Crippen molar-refractivity contribution in [2.45, 2.75) is 31.1 Å². The molecule has 0 amide bonds. The van der Waals surface area contributed by atoms with E-state index in [4.69, 9.17) is 0 Å². The van der Waals surface area contributed by atoms with Crippen LogP contribution in [0.1, 0.15) is 29.8 Å². The van der Waals surface area contributed by atoms with Crippen molar-refractivity contribution in [1.82, 2.24) is 4.98 Å². The number of aliphatic carboxylic acids is 1. The Balaban J connectivity index is 1.60. The summed E-state index contributed by atoms with van der Waals surface area (Å²) in [4.78, 5) is 15.7. The topological polar surface area (TPSA) is 62.2 Å². The molecule has 110 valence electrons. The summed E-state index contributed by atoms with van der Waals surface area (Å²) < 4.78 is 0. The molecular formula is C16H18N2O2S. The van der Waals surface area contributed by atoms with E-state index >= 15 is 0 Å². The van der Waals surface area contributed by atoms with Gasteiger partial charge in [0, 0.05) is 30.2 Å². The number of hydrogen-bond acceptors (Lipinski definition) is 4. The van der Waals surface area contributed by atoms with Gasteiger partial charge in [0.05, 0.1) is 10.4 Å². The molecule has 1 aromatic heterocycles. The van der Waals surface area contributed by atoms with Gasteiger partial charge in [0.2, 0.25) is 0 Å². The third-order valence-corrected chi connectivity index (χ3v) is 5.04. The van der Waals surface area contributed by atoms with Crippen LogP contribution in [0.2, 0.25) is 0 Å². The van der Waals surface area contributed by atoms with E-state index in [-0.39, 0.29) is 0 Å². The molecule has 0 radical (unpaired) electrons. The first-order chi connectivity index (χ1) is 10.2. The van der Waals surface area contributed by atoms with Crippen LogP contribution in [0, 0.1) is 0 Å². The number of benzene rings is 1. The predicted octanol–water partition coefficient (Wildman–Crippen LogP) is 3.30. The number of carboxylic acids is 1. The van der Waals surface area contributed by atoms with Gasteiger partial charge in [-0.3, -0.25) is 4.79 Å². The van der Waals surface area contributed by atoms with Crippen LogP contribution in [-0.4, -0.2) is 22.6 Å². The molecule has 5 heteroatoms. The molecule has 3 rings (SSSR count). The van der Waals surface area contributed by atoms with E-state index in [1.165, 1.54) is 0 Å². The second-order valence-corrected chi connectivity index (χ2v) is 6.40. The van der Waals surface area contributed by atoms with Gasteiger partial charge in [-0.05, 0) is 30.5 Å². The molecule has 0 atom stereocenters. The Morgan fingerprint density at radius 2 is 2.10 bits per heavy atom. The summed E-state index contributed by atoms with van der Waals surface area (Å²) in [7, 11) is 0. The minimum atomic E-state index is -0.696. The molecule has 21 heavy (non-hydrogen) atoms. The standard InChI is InChI=1S/C16H18N2O2S/c19-15(20)16(7-1-8-16)12-2-4-13(5-3-12)17-9-6-14-18-10-11-21-14/h2-5,10-11,17H,1,6-9H2,(H,19,20). The maximum absolute atomic E-state index is 11.5. The monoisotopic (exact) mass is 302 g/mol. The summed E-state index contributed by atoms with van der Waals surface area (Å²) in [6.45, 7) is 0.830. The minimum absolute atomic E-state index is 0.639. The van der Waals surface area contributed by atoms with Gasteiger partial charge in [-0.15, -0.1) is 11.3 Å². The lowest BCUT2D eigenvalue weighted by Crippen LogP contribution is -2.42. The van der Waals surface area contributed by atoms with Crippen molar-refractivity contribution in [2.75, 3.05) is 11.9 Å². The van der Waals surface area contributed by atoms with Gasteiger partial charge in [-0.1, -0.05) is 18.6 Å². The largest absolute Gasteiger partial charge is 0.481 e. The first-order valence-corrected chi connectivity index (χ1v) is 8.05. The van der Waals surface area contributed by atoms with Gasteiger partial charge >= 0.3 is 5.97 Å². The summed E-state index contributed by atoms with van der Waals surface area (Å²) in [5.41, 5.74) is 1.31. The zero-order valence-electron chi connectivity index (χ0n) is 11.7. The average Bonchev–Trinajstić information content (AvgIpc) is 2.92. The summed E-state index contributed by atoms with van der Waals surface area (Å²) in [6, 6.07) is 7.83. The van der Waals surface area contributed by atoms with Crippen molar-refractivity contribution >= 4 is 23.0 Å². The Labute approximate surface area is 127 Å². The zero-order valence-corrected chi connectivity index (χ0v) is 12.5. The SMILES string of the molecule is O=C(O)C1(c2ccc(NCCc3nccs3)cc2)CCC1. The van der Waals surface area contributed by atoms with Crippen LogP contribution in [-0.2, 0) is 16.6 Å². The van der Waals surface area contributed by atoms with Gasteiger partial charge in [-0.25, -0.2) is 4.98 Å². The molecule has 2 aromatic rings. The van der Waals surface area contributed by atoms with Crippen LogP contribution in [0.15, 0.2) is 35.8 Å². The van der Waals surface area contributed by atoms with Crippen molar-refractivity contribution in [3.05, 3.63) is 46.4 Å².